The Morgan fingerprint density at radius 2 is 2.54 bits per heavy atom. The average molecular weight is 196 g/mol. The van der Waals surface area contributed by atoms with Gasteiger partial charge in [0.2, 0.25) is 0 Å². The van der Waals surface area contributed by atoms with Gasteiger partial charge < -0.3 is 5.11 Å². The van der Waals surface area contributed by atoms with Crippen LogP contribution in [0.2, 0.25) is 0 Å². The molecule has 1 aliphatic carbocycles. The van der Waals surface area contributed by atoms with Gasteiger partial charge in [-0.3, -0.25) is 0 Å². The minimum Gasteiger partial charge on any atom is -0.389 e. The van der Waals surface area contributed by atoms with Crippen molar-refractivity contribution in [2.24, 2.45) is 5.92 Å². The van der Waals surface area contributed by atoms with Crippen molar-refractivity contribution in [3.05, 3.63) is 22.4 Å². The zero-order valence-corrected chi connectivity index (χ0v) is 8.81. The van der Waals surface area contributed by atoms with Crippen molar-refractivity contribution in [2.75, 3.05) is 0 Å². The summed E-state index contributed by atoms with van der Waals surface area (Å²) in [6.07, 6.45) is 4.18. The maximum atomic E-state index is 10.3. The molecule has 1 saturated carbocycles. The van der Waals surface area contributed by atoms with Gasteiger partial charge in [-0.15, -0.1) is 0 Å². The van der Waals surface area contributed by atoms with Crippen LogP contribution in [-0.2, 0) is 6.42 Å². The minimum atomic E-state index is -0.416. The molecule has 0 amide bonds. The summed E-state index contributed by atoms with van der Waals surface area (Å²) in [7, 11) is 0. The van der Waals surface area contributed by atoms with Crippen LogP contribution < -0.4 is 0 Å². The zero-order valence-electron chi connectivity index (χ0n) is 7.99. The molecule has 1 aliphatic rings. The Morgan fingerprint density at radius 1 is 1.69 bits per heavy atom. The number of rotatable bonds is 2. The molecule has 0 aromatic carbocycles. The SMILES string of the molecule is CC1CCCC1(O)Cc1ccsc1. The van der Waals surface area contributed by atoms with Crippen LogP contribution in [0, 0.1) is 5.92 Å². The molecule has 1 nitrogen and oxygen atoms in total. The highest BCUT2D eigenvalue weighted by atomic mass is 32.1. The second-order valence-electron chi connectivity index (χ2n) is 4.21. The molecule has 0 radical (unpaired) electrons. The van der Waals surface area contributed by atoms with Gasteiger partial charge in [0, 0.05) is 6.42 Å². The normalized spacial score (nSPS) is 33.8. The first-order chi connectivity index (χ1) is 6.21. The van der Waals surface area contributed by atoms with Crippen LogP contribution in [0.1, 0.15) is 31.7 Å². The molecule has 1 N–H and O–H groups in total. The van der Waals surface area contributed by atoms with Gasteiger partial charge in [0.05, 0.1) is 5.60 Å². The average Bonchev–Trinajstić information content (AvgIpc) is 2.65. The summed E-state index contributed by atoms with van der Waals surface area (Å²) >= 11 is 1.71. The number of hydrogen-bond acceptors (Lipinski definition) is 2. The quantitative estimate of drug-likeness (QED) is 0.771. The van der Waals surface area contributed by atoms with Crippen LogP contribution in [0.4, 0.5) is 0 Å². The van der Waals surface area contributed by atoms with Crippen LogP contribution in [0.3, 0.4) is 0 Å². The molecule has 0 spiro atoms. The summed E-state index contributed by atoms with van der Waals surface area (Å²) in [5.74, 6) is 0.465. The van der Waals surface area contributed by atoms with Crippen LogP contribution in [0.15, 0.2) is 16.8 Å². The lowest BCUT2D eigenvalue weighted by molar-refractivity contribution is 0.00968. The molecular formula is C11H16OS. The number of aliphatic hydroxyl groups is 1. The second kappa shape index (κ2) is 3.43. The molecule has 0 bridgehead atoms. The van der Waals surface area contributed by atoms with Gasteiger partial charge in [-0.05, 0) is 41.1 Å². The molecule has 1 aromatic rings. The summed E-state index contributed by atoms with van der Waals surface area (Å²) < 4.78 is 0. The number of hydrogen-bond donors (Lipinski definition) is 1. The fourth-order valence-corrected chi connectivity index (χ4v) is 2.91. The molecule has 0 saturated heterocycles. The zero-order chi connectivity index (χ0) is 9.31. The van der Waals surface area contributed by atoms with E-state index in [1.807, 2.05) is 0 Å². The Morgan fingerprint density at radius 3 is 3.08 bits per heavy atom. The Bertz CT molecular complexity index is 268. The molecule has 1 heterocycles. The van der Waals surface area contributed by atoms with E-state index in [1.54, 1.807) is 11.3 Å². The molecule has 1 fully saturated rings. The van der Waals surface area contributed by atoms with Crippen LogP contribution in [0.5, 0.6) is 0 Å². The Kier molecular flexibility index (Phi) is 2.43. The predicted octanol–water partition coefficient (Wildman–Crippen LogP) is 2.84. The van der Waals surface area contributed by atoms with E-state index in [0.29, 0.717) is 5.92 Å². The van der Waals surface area contributed by atoms with E-state index in [-0.39, 0.29) is 0 Å². The van der Waals surface area contributed by atoms with Gasteiger partial charge in [-0.2, -0.15) is 11.3 Å². The van der Waals surface area contributed by atoms with E-state index in [4.69, 9.17) is 0 Å². The van der Waals surface area contributed by atoms with Crippen molar-refractivity contribution in [1.82, 2.24) is 0 Å². The lowest BCUT2D eigenvalue weighted by Gasteiger charge is -2.27. The smallest absolute Gasteiger partial charge is 0.0713 e. The summed E-state index contributed by atoms with van der Waals surface area (Å²) in [4.78, 5) is 0. The molecule has 13 heavy (non-hydrogen) atoms. The van der Waals surface area contributed by atoms with Crippen molar-refractivity contribution < 1.29 is 5.11 Å². The fraction of sp³-hybridized carbons (Fsp3) is 0.636. The first-order valence-corrected chi connectivity index (χ1v) is 5.88. The highest BCUT2D eigenvalue weighted by molar-refractivity contribution is 7.07. The third-order valence-corrected chi connectivity index (χ3v) is 3.99. The topological polar surface area (TPSA) is 20.2 Å². The molecule has 2 atom stereocenters. The third-order valence-electron chi connectivity index (χ3n) is 3.25. The fourth-order valence-electron chi connectivity index (χ4n) is 2.24. The van der Waals surface area contributed by atoms with Gasteiger partial charge in [0.15, 0.2) is 0 Å². The maximum absolute atomic E-state index is 10.3. The van der Waals surface area contributed by atoms with Gasteiger partial charge in [-0.1, -0.05) is 13.3 Å². The lowest BCUT2D eigenvalue weighted by Crippen LogP contribution is -2.33. The minimum absolute atomic E-state index is 0.416. The van der Waals surface area contributed by atoms with E-state index >= 15 is 0 Å². The summed E-state index contributed by atoms with van der Waals surface area (Å²) in [5, 5.41) is 14.6. The lowest BCUT2D eigenvalue weighted by atomic mass is 9.87. The largest absolute Gasteiger partial charge is 0.389 e. The Balaban J connectivity index is 2.08. The molecule has 1 aromatic heterocycles. The van der Waals surface area contributed by atoms with Gasteiger partial charge in [0.1, 0.15) is 0 Å². The highest BCUT2D eigenvalue weighted by Crippen LogP contribution is 2.37. The van der Waals surface area contributed by atoms with E-state index in [1.165, 1.54) is 18.4 Å². The summed E-state index contributed by atoms with van der Waals surface area (Å²) in [5.41, 5.74) is 0.877. The van der Waals surface area contributed by atoms with Crippen molar-refractivity contribution in [2.45, 2.75) is 38.2 Å². The van der Waals surface area contributed by atoms with Gasteiger partial charge in [-0.25, -0.2) is 0 Å². The van der Waals surface area contributed by atoms with Crippen LogP contribution in [0.25, 0.3) is 0 Å². The maximum Gasteiger partial charge on any atom is 0.0713 e. The van der Waals surface area contributed by atoms with Crippen molar-refractivity contribution >= 4 is 11.3 Å². The Hall–Kier alpha value is -0.340. The third kappa shape index (κ3) is 1.79. The summed E-state index contributed by atoms with van der Waals surface area (Å²) in [6.45, 7) is 2.17. The molecule has 2 heteroatoms. The standard InChI is InChI=1S/C11H16OS/c1-9-3-2-5-11(9,12)7-10-4-6-13-8-10/h4,6,8-9,12H,2-3,5,7H2,1H3. The van der Waals surface area contributed by atoms with E-state index in [9.17, 15) is 5.11 Å². The first kappa shape index (κ1) is 9.22. The van der Waals surface area contributed by atoms with Crippen LogP contribution >= 0.6 is 11.3 Å². The molecule has 2 rings (SSSR count). The van der Waals surface area contributed by atoms with Gasteiger partial charge >= 0.3 is 0 Å². The number of thiophene rings is 1. The van der Waals surface area contributed by atoms with E-state index in [0.717, 1.165) is 12.8 Å². The molecular weight excluding hydrogens is 180 g/mol. The van der Waals surface area contributed by atoms with E-state index in [2.05, 4.69) is 23.8 Å². The Labute approximate surface area is 83.4 Å². The monoisotopic (exact) mass is 196 g/mol. The van der Waals surface area contributed by atoms with Gasteiger partial charge in [0.25, 0.3) is 0 Å². The van der Waals surface area contributed by atoms with Crippen molar-refractivity contribution in [3.63, 3.8) is 0 Å². The molecule has 0 aliphatic heterocycles. The van der Waals surface area contributed by atoms with Crippen molar-refractivity contribution in [1.29, 1.82) is 0 Å². The highest BCUT2D eigenvalue weighted by Gasteiger charge is 2.37. The summed E-state index contributed by atoms with van der Waals surface area (Å²) in [6, 6.07) is 2.12. The molecule has 2 unspecified atom stereocenters. The second-order valence-corrected chi connectivity index (χ2v) is 4.99. The molecule has 72 valence electrons. The van der Waals surface area contributed by atoms with E-state index < -0.39 is 5.60 Å². The van der Waals surface area contributed by atoms with Crippen molar-refractivity contribution in [3.8, 4) is 0 Å². The first-order valence-electron chi connectivity index (χ1n) is 4.94. The predicted molar refractivity (Wildman–Crippen MR) is 56.0 cm³/mol. The van der Waals surface area contributed by atoms with Crippen LogP contribution in [-0.4, -0.2) is 10.7 Å².